The number of allylic oxidation sites excluding steroid dienone is 3. The van der Waals surface area contributed by atoms with Crippen LogP contribution in [0.15, 0.2) is 42.0 Å². The van der Waals surface area contributed by atoms with E-state index in [9.17, 15) is 4.79 Å². The lowest BCUT2D eigenvalue weighted by Crippen LogP contribution is -2.37. The Balaban J connectivity index is 1.81. The maximum atomic E-state index is 13.2. The molecule has 1 aromatic carbocycles. The number of rotatable bonds is 4. The quantitative estimate of drug-likeness (QED) is 0.888. The van der Waals surface area contributed by atoms with Crippen molar-refractivity contribution in [2.75, 3.05) is 18.0 Å². The Hall–Kier alpha value is -2.73. The van der Waals surface area contributed by atoms with Crippen molar-refractivity contribution in [3.05, 3.63) is 47.7 Å². The average Bonchev–Trinajstić information content (AvgIpc) is 3.05. The summed E-state index contributed by atoms with van der Waals surface area (Å²) >= 11 is 0. The van der Waals surface area contributed by atoms with Crippen molar-refractivity contribution in [3.63, 3.8) is 0 Å². The fourth-order valence-corrected chi connectivity index (χ4v) is 3.97. The molecule has 1 aliphatic heterocycles. The monoisotopic (exact) mass is 377 g/mol. The van der Waals surface area contributed by atoms with Gasteiger partial charge in [0, 0.05) is 43.7 Å². The van der Waals surface area contributed by atoms with Crippen molar-refractivity contribution >= 4 is 17.2 Å². The lowest BCUT2D eigenvalue weighted by molar-refractivity contribution is -0.118. The number of aryl methyl sites for hydroxylation is 1. The number of carbonyl (C=O) groups is 1. The number of hydrogen-bond donors (Lipinski definition) is 1. The number of benzene rings is 1. The molecule has 1 aromatic heterocycles. The van der Waals surface area contributed by atoms with Gasteiger partial charge in [0.05, 0.1) is 11.4 Å². The van der Waals surface area contributed by atoms with Crippen LogP contribution < -0.4 is 10.2 Å². The van der Waals surface area contributed by atoms with Gasteiger partial charge in [0.15, 0.2) is 0 Å². The smallest absolute Gasteiger partial charge is 0.228 e. The van der Waals surface area contributed by atoms with E-state index in [1.165, 1.54) is 5.57 Å². The van der Waals surface area contributed by atoms with Gasteiger partial charge in [-0.1, -0.05) is 49.4 Å². The van der Waals surface area contributed by atoms with Crippen LogP contribution in [0.2, 0.25) is 0 Å². The molecule has 6 nitrogen and oxygen atoms in total. The summed E-state index contributed by atoms with van der Waals surface area (Å²) in [4.78, 5) is 15.2. The van der Waals surface area contributed by atoms with E-state index in [4.69, 9.17) is 0 Å². The molecule has 0 fully saturated rings. The fraction of sp³-hybridized carbons (Fsp3) is 0.409. The second-order valence-electron chi connectivity index (χ2n) is 7.72. The number of nitrogens with one attached hydrogen (secondary N) is 1. The molecule has 28 heavy (non-hydrogen) atoms. The van der Waals surface area contributed by atoms with E-state index in [1.807, 2.05) is 34.8 Å². The lowest BCUT2D eigenvalue weighted by Gasteiger charge is -2.30. The third-order valence-corrected chi connectivity index (χ3v) is 5.35. The van der Waals surface area contributed by atoms with Gasteiger partial charge in [-0.25, -0.2) is 4.68 Å². The highest BCUT2D eigenvalue weighted by Crippen LogP contribution is 2.40. The van der Waals surface area contributed by atoms with Gasteiger partial charge in [0.25, 0.3) is 0 Å². The molecule has 2 aromatic rings. The molecule has 0 radical (unpaired) electrons. The Bertz CT molecular complexity index is 954. The Labute approximate surface area is 165 Å². The molecule has 1 aliphatic carbocycles. The molecule has 2 aliphatic rings. The van der Waals surface area contributed by atoms with Gasteiger partial charge in [0.2, 0.25) is 5.91 Å². The Kier molecular flexibility index (Phi) is 5.13. The molecule has 1 amide bonds. The maximum Gasteiger partial charge on any atom is 0.228 e. The second kappa shape index (κ2) is 7.72. The predicted octanol–water partition coefficient (Wildman–Crippen LogP) is 3.32. The number of anilines is 1. The van der Waals surface area contributed by atoms with E-state index in [0.717, 1.165) is 41.1 Å². The Morgan fingerprint density at radius 3 is 2.93 bits per heavy atom. The second-order valence-corrected chi connectivity index (χ2v) is 7.72. The minimum Gasteiger partial charge on any atom is -0.314 e. The molecule has 1 N–H and O–H groups in total. The molecule has 0 atom stereocenters. The van der Waals surface area contributed by atoms with Crippen molar-refractivity contribution in [1.82, 2.24) is 20.3 Å². The summed E-state index contributed by atoms with van der Waals surface area (Å²) in [6.45, 7) is 5.48. The van der Waals surface area contributed by atoms with Crippen LogP contribution in [0.3, 0.4) is 0 Å². The summed E-state index contributed by atoms with van der Waals surface area (Å²) in [6.07, 6.45) is 6.74. The van der Waals surface area contributed by atoms with E-state index in [2.05, 4.69) is 47.7 Å². The van der Waals surface area contributed by atoms with Crippen molar-refractivity contribution in [1.29, 1.82) is 0 Å². The van der Waals surface area contributed by atoms with Gasteiger partial charge in [0.1, 0.15) is 5.69 Å². The molecule has 0 saturated carbocycles. The minimum absolute atomic E-state index is 0.139. The summed E-state index contributed by atoms with van der Waals surface area (Å²) in [6, 6.07) is 8.46. The van der Waals surface area contributed by atoms with Crippen LogP contribution in [0.25, 0.3) is 16.8 Å². The zero-order valence-electron chi connectivity index (χ0n) is 16.8. The van der Waals surface area contributed by atoms with Gasteiger partial charge in [-0.2, -0.15) is 0 Å². The first kappa shape index (κ1) is 18.6. The number of para-hydroxylation sites is 1. The van der Waals surface area contributed by atoms with Crippen LogP contribution in [0.1, 0.15) is 38.8 Å². The van der Waals surface area contributed by atoms with E-state index < -0.39 is 0 Å². The van der Waals surface area contributed by atoms with Gasteiger partial charge < -0.3 is 10.2 Å². The molecule has 2 heterocycles. The van der Waals surface area contributed by atoms with Crippen LogP contribution in [0.4, 0.5) is 5.69 Å². The van der Waals surface area contributed by atoms with Crippen molar-refractivity contribution < 1.29 is 4.79 Å². The summed E-state index contributed by atoms with van der Waals surface area (Å²) in [7, 11) is 1.91. The molecule has 0 saturated heterocycles. The average molecular weight is 377 g/mol. The highest BCUT2D eigenvalue weighted by molar-refractivity contribution is 6.01. The van der Waals surface area contributed by atoms with Crippen LogP contribution in [0, 0.1) is 0 Å². The van der Waals surface area contributed by atoms with E-state index in [1.54, 1.807) is 0 Å². The van der Waals surface area contributed by atoms with Crippen LogP contribution in [-0.4, -0.2) is 40.0 Å². The summed E-state index contributed by atoms with van der Waals surface area (Å²) in [5.41, 5.74) is 6.18. The van der Waals surface area contributed by atoms with Crippen molar-refractivity contribution in [2.45, 2.75) is 39.2 Å². The first-order valence-corrected chi connectivity index (χ1v) is 9.98. The topological polar surface area (TPSA) is 63.1 Å². The third kappa shape index (κ3) is 3.40. The van der Waals surface area contributed by atoms with E-state index >= 15 is 0 Å². The normalized spacial score (nSPS) is 15.8. The first-order valence-electron chi connectivity index (χ1n) is 9.98. The molecule has 4 rings (SSSR count). The summed E-state index contributed by atoms with van der Waals surface area (Å²) < 4.78 is 1.82. The summed E-state index contributed by atoms with van der Waals surface area (Å²) in [5, 5.41) is 12.1. The van der Waals surface area contributed by atoms with Crippen LogP contribution >= 0.6 is 0 Å². The zero-order chi connectivity index (χ0) is 19.7. The summed E-state index contributed by atoms with van der Waals surface area (Å²) in [5.74, 6) is 0.139. The Morgan fingerprint density at radius 1 is 1.29 bits per heavy atom. The van der Waals surface area contributed by atoms with Crippen molar-refractivity contribution in [2.24, 2.45) is 7.05 Å². The molecule has 0 spiro atoms. The number of carbonyl (C=O) groups excluding carboxylic acids is 1. The van der Waals surface area contributed by atoms with Crippen LogP contribution in [-0.2, 0) is 11.8 Å². The van der Waals surface area contributed by atoms with Gasteiger partial charge in [-0.3, -0.25) is 4.79 Å². The first-order chi connectivity index (χ1) is 13.6. The molecule has 146 valence electrons. The lowest BCUT2D eigenvalue weighted by atomic mass is 9.90. The SMILES string of the molecule is CC(C)NCCC(=O)N1CC2=C(C=CCC2)c2nnn(C)c2-c2ccccc21. The Morgan fingerprint density at radius 2 is 2.11 bits per heavy atom. The highest BCUT2D eigenvalue weighted by atomic mass is 16.2. The maximum absolute atomic E-state index is 13.2. The van der Waals surface area contributed by atoms with Crippen molar-refractivity contribution in [3.8, 4) is 11.3 Å². The van der Waals surface area contributed by atoms with E-state index in [0.29, 0.717) is 25.6 Å². The minimum atomic E-state index is 0.139. The zero-order valence-corrected chi connectivity index (χ0v) is 16.8. The number of amides is 1. The van der Waals surface area contributed by atoms with Gasteiger partial charge >= 0.3 is 0 Å². The standard InChI is InChI=1S/C22H27N5O/c1-15(2)23-13-12-20(28)27-14-16-8-4-5-9-17(16)21-22(26(3)25-24-21)18-10-6-7-11-19(18)27/h5-7,9-11,15,23H,4,8,12-14H2,1-3H3. The molecule has 0 bridgehead atoms. The van der Waals surface area contributed by atoms with Crippen LogP contribution in [0.5, 0.6) is 0 Å². The predicted molar refractivity (Wildman–Crippen MR) is 112 cm³/mol. The number of fused-ring (bicyclic) bond motifs is 4. The number of hydrogen-bond acceptors (Lipinski definition) is 4. The molecular formula is C22H27N5O. The molecular weight excluding hydrogens is 350 g/mol. The number of aromatic nitrogens is 3. The number of nitrogens with zero attached hydrogens (tertiary/aromatic N) is 4. The van der Waals surface area contributed by atoms with E-state index in [-0.39, 0.29) is 5.91 Å². The third-order valence-electron chi connectivity index (χ3n) is 5.35. The van der Waals surface area contributed by atoms with Gasteiger partial charge in [-0.15, -0.1) is 5.10 Å². The molecule has 6 heteroatoms. The fourth-order valence-electron chi connectivity index (χ4n) is 3.97. The molecule has 0 unspecified atom stereocenters. The highest BCUT2D eigenvalue weighted by Gasteiger charge is 2.29. The van der Waals surface area contributed by atoms with Gasteiger partial charge in [-0.05, 0) is 24.5 Å². The largest absolute Gasteiger partial charge is 0.314 e.